The lowest BCUT2D eigenvalue weighted by atomic mass is 9.90. The number of amides is 2. The van der Waals surface area contributed by atoms with Crippen LogP contribution in [0.2, 0.25) is 0 Å². The fourth-order valence-electron chi connectivity index (χ4n) is 2.06. The van der Waals surface area contributed by atoms with E-state index in [0.29, 0.717) is 0 Å². The molecule has 2 amide bonds. The number of hydrogen-bond acceptors (Lipinski definition) is 2. The molecule has 4 heteroatoms. The number of nitrogens with two attached hydrogens (primary N) is 1. The number of anilines is 1. The molecular formula is C11H15N3O. The van der Waals surface area contributed by atoms with Gasteiger partial charge in [0.15, 0.2) is 0 Å². The number of hydrogen-bond donors (Lipinski definition) is 3. The van der Waals surface area contributed by atoms with Gasteiger partial charge in [-0.1, -0.05) is 12.1 Å². The highest BCUT2D eigenvalue weighted by Crippen LogP contribution is 2.27. The summed E-state index contributed by atoms with van der Waals surface area (Å²) in [5, 5.41) is 2.74. The number of hydrazine groups is 1. The topological polar surface area (TPSA) is 67.1 Å². The van der Waals surface area contributed by atoms with Gasteiger partial charge < -0.3 is 5.32 Å². The molecule has 0 unspecified atom stereocenters. The largest absolute Gasteiger partial charge is 0.333 e. The van der Waals surface area contributed by atoms with E-state index >= 15 is 0 Å². The zero-order chi connectivity index (χ0) is 10.7. The molecule has 0 fully saturated rings. The number of rotatable bonds is 1. The van der Waals surface area contributed by atoms with Crippen LogP contribution < -0.4 is 16.6 Å². The maximum atomic E-state index is 11.1. The molecule has 0 aromatic heterocycles. The van der Waals surface area contributed by atoms with E-state index in [9.17, 15) is 4.79 Å². The third-order valence-corrected chi connectivity index (χ3v) is 2.78. The minimum Gasteiger partial charge on any atom is -0.307 e. The van der Waals surface area contributed by atoms with Crippen LogP contribution in [0.4, 0.5) is 10.5 Å². The van der Waals surface area contributed by atoms with E-state index in [0.717, 1.165) is 18.5 Å². The predicted molar refractivity (Wildman–Crippen MR) is 59.4 cm³/mol. The summed E-state index contributed by atoms with van der Waals surface area (Å²) in [6.45, 7) is 0. The molecule has 0 heterocycles. The summed E-state index contributed by atoms with van der Waals surface area (Å²) in [4.78, 5) is 11.1. The van der Waals surface area contributed by atoms with Gasteiger partial charge in [-0.05, 0) is 42.9 Å². The van der Waals surface area contributed by atoms with Crippen molar-refractivity contribution < 1.29 is 4.79 Å². The van der Waals surface area contributed by atoms with Crippen molar-refractivity contribution in [3.63, 3.8) is 0 Å². The summed E-state index contributed by atoms with van der Waals surface area (Å²) >= 11 is 0. The van der Waals surface area contributed by atoms with Crippen molar-refractivity contribution >= 4 is 11.7 Å². The average Bonchev–Trinajstić information content (AvgIpc) is 2.29. The summed E-state index contributed by atoms with van der Waals surface area (Å²) in [5.74, 6) is 5.03. The molecule has 0 bridgehead atoms. The van der Waals surface area contributed by atoms with Gasteiger partial charge in [0.05, 0.1) is 0 Å². The van der Waals surface area contributed by atoms with Crippen molar-refractivity contribution in [1.29, 1.82) is 0 Å². The zero-order valence-corrected chi connectivity index (χ0v) is 8.55. The number of aryl methyl sites for hydroxylation is 1. The molecule has 0 saturated heterocycles. The third kappa shape index (κ3) is 2.10. The van der Waals surface area contributed by atoms with Crippen LogP contribution in [-0.4, -0.2) is 6.03 Å². The molecule has 0 atom stereocenters. The first kappa shape index (κ1) is 9.98. The van der Waals surface area contributed by atoms with Gasteiger partial charge in [0.1, 0.15) is 0 Å². The normalized spacial score (nSPS) is 14.2. The Hall–Kier alpha value is -1.55. The molecule has 0 saturated carbocycles. The first-order valence-corrected chi connectivity index (χ1v) is 5.19. The molecule has 0 radical (unpaired) electrons. The second-order valence-corrected chi connectivity index (χ2v) is 3.75. The van der Waals surface area contributed by atoms with Crippen LogP contribution >= 0.6 is 0 Å². The Labute approximate surface area is 88.8 Å². The van der Waals surface area contributed by atoms with E-state index in [4.69, 9.17) is 5.84 Å². The SMILES string of the molecule is NNC(=O)Nc1cccc2c1CCCC2. The van der Waals surface area contributed by atoms with Gasteiger partial charge in [-0.2, -0.15) is 0 Å². The minimum absolute atomic E-state index is 0.367. The summed E-state index contributed by atoms with van der Waals surface area (Å²) < 4.78 is 0. The lowest BCUT2D eigenvalue weighted by Gasteiger charge is -2.19. The van der Waals surface area contributed by atoms with Crippen LogP contribution in [0, 0.1) is 0 Å². The molecule has 0 spiro atoms. The van der Waals surface area contributed by atoms with Crippen molar-refractivity contribution in [2.75, 3.05) is 5.32 Å². The van der Waals surface area contributed by atoms with Crippen molar-refractivity contribution in [1.82, 2.24) is 5.43 Å². The van der Waals surface area contributed by atoms with Gasteiger partial charge in [0.2, 0.25) is 0 Å². The first-order chi connectivity index (χ1) is 7.31. The Morgan fingerprint density at radius 3 is 2.87 bits per heavy atom. The second kappa shape index (κ2) is 4.31. The Balaban J connectivity index is 2.27. The van der Waals surface area contributed by atoms with Crippen LogP contribution in [0.5, 0.6) is 0 Å². The highest BCUT2D eigenvalue weighted by atomic mass is 16.2. The molecule has 4 N–H and O–H groups in total. The van der Waals surface area contributed by atoms with Gasteiger partial charge >= 0.3 is 6.03 Å². The Kier molecular flexibility index (Phi) is 2.87. The Morgan fingerprint density at radius 2 is 2.07 bits per heavy atom. The van der Waals surface area contributed by atoms with E-state index in [1.54, 1.807) is 0 Å². The highest BCUT2D eigenvalue weighted by Gasteiger charge is 2.13. The molecule has 2 rings (SSSR count). The molecule has 1 aliphatic carbocycles. The van der Waals surface area contributed by atoms with E-state index in [1.807, 2.05) is 12.1 Å². The number of carbonyl (C=O) groups excluding carboxylic acids is 1. The lowest BCUT2D eigenvalue weighted by molar-refractivity contribution is 0.252. The maximum absolute atomic E-state index is 11.1. The number of urea groups is 1. The second-order valence-electron chi connectivity index (χ2n) is 3.75. The van der Waals surface area contributed by atoms with Crippen molar-refractivity contribution in [3.05, 3.63) is 29.3 Å². The smallest absolute Gasteiger partial charge is 0.307 e. The van der Waals surface area contributed by atoms with Crippen molar-refractivity contribution in [2.45, 2.75) is 25.7 Å². The van der Waals surface area contributed by atoms with E-state index in [-0.39, 0.29) is 6.03 Å². The predicted octanol–water partition coefficient (Wildman–Crippen LogP) is 1.56. The van der Waals surface area contributed by atoms with Gasteiger partial charge in [-0.25, -0.2) is 10.6 Å². The van der Waals surface area contributed by atoms with Gasteiger partial charge in [0.25, 0.3) is 0 Å². The van der Waals surface area contributed by atoms with Gasteiger partial charge in [-0.15, -0.1) is 0 Å². The van der Waals surface area contributed by atoms with E-state index < -0.39 is 0 Å². The zero-order valence-electron chi connectivity index (χ0n) is 8.55. The van der Waals surface area contributed by atoms with Crippen LogP contribution in [-0.2, 0) is 12.8 Å². The molecule has 0 aliphatic heterocycles. The molecule has 4 nitrogen and oxygen atoms in total. The minimum atomic E-state index is -0.367. The maximum Gasteiger partial charge on any atom is 0.333 e. The molecule has 1 aromatic rings. The first-order valence-electron chi connectivity index (χ1n) is 5.19. The number of benzene rings is 1. The Bertz CT molecular complexity index is 376. The van der Waals surface area contributed by atoms with E-state index in [1.165, 1.54) is 24.0 Å². The van der Waals surface area contributed by atoms with E-state index in [2.05, 4.69) is 16.8 Å². The van der Waals surface area contributed by atoms with Gasteiger partial charge in [0, 0.05) is 5.69 Å². The van der Waals surface area contributed by atoms with Gasteiger partial charge in [-0.3, -0.25) is 5.43 Å². The lowest BCUT2D eigenvalue weighted by Crippen LogP contribution is -2.34. The van der Waals surface area contributed by atoms with Crippen LogP contribution in [0.3, 0.4) is 0 Å². The fourth-order valence-corrected chi connectivity index (χ4v) is 2.06. The average molecular weight is 205 g/mol. The molecular weight excluding hydrogens is 190 g/mol. The summed E-state index contributed by atoms with van der Waals surface area (Å²) in [5.41, 5.74) is 5.55. The number of nitrogens with one attached hydrogen (secondary N) is 2. The monoisotopic (exact) mass is 205 g/mol. The highest BCUT2D eigenvalue weighted by molar-refractivity contribution is 5.89. The quantitative estimate of drug-likeness (QED) is 0.370. The Morgan fingerprint density at radius 1 is 1.27 bits per heavy atom. The molecule has 1 aliphatic rings. The van der Waals surface area contributed by atoms with Crippen LogP contribution in [0.1, 0.15) is 24.0 Å². The van der Waals surface area contributed by atoms with Crippen LogP contribution in [0.15, 0.2) is 18.2 Å². The standard InChI is InChI=1S/C11H15N3O/c12-14-11(15)13-10-7-3-5-8-4-1-2-6-9(8)10/h3,5,7H,1-2,4,6,12H2,(H2,13,14,15). The molecule has 15 heavy (non-hydrogen) atoms. The summed E-state index contributed by atoms with van der Waals surface area (Å²) in [6.07, 6.45) is 4.57. The van der Waals surface area contributed by atoms with Crippen molar-refractivity contribution in [2.24, 2.45) is 5.84 Å². The van der Waals surface area contributed by atoms with Crippen LogP contribution in [0.25, 0.3) is 0 Å². The third-order valence-electron chi connectivity index (χ3n) is 2.78. The number of fused-ring (bicyclic) bond motifs is 1. The molecule has 1 aromatic carbocycles. The number of carbonyl (C=O) groups is 1. The molecule has 80 valence electrons. The fraction of sp³-hybridized carbons (Fsp3) is 0.364. The summed E-state index contributed by atoms with van der Waals surface area (Å²) in [7, 11) is 0. The summed E-state index contributed by atoms with van der Waals surface area (Å²) in [6, 6.07) is 5.64. The van der Waals surface area contributed by atoms with Crippen molar-refractivity contribution in [3.8, 4) is 0 Å².